The average Bonchev–Trinajstić information content (AvgIpc) is 2.32. The first-order valence-electron chi connectivity index (χ1n) is 5.18. The Kier molecular flexibility index (Phi) is 3.72. The van der Waals surface area contributed by atoms with E-state index in [4.69, 9.17) is 11.6 Å². The molecule has 0 amide bonds. The van der Waals surface area contributed by atoms with Crippen LogP contribution in [0.4, 0.5) is 4.39 Å². The molecule has 0 aliphatic carbocycles. The predicted octanol–water partition coefficient (Wildman–Crippen LogP) is 3.41. The number of phenolic OH excluding ortho intramolecular Hbond substituents is 1. The number of phenols is 1. The number of hydrogen-bond acceptors (Lipinski definition) is 2. The second-order valence-corrected chi connectivity index (χ2v) is 5.17. The van der Waals surface area contributed by atoms with E-state index in [1.165, 1.54) is 6.07 Å². The van der Waals surface area contributed by atoms with Gasteiger partial charge in [-0.3, -0.25) is 0 Å². The molecular weight excluding hydrogens is 296 g/mol. The Balaban J connectivity index is 2.40. The quantitative estimate of drug-likeness (QED) is 0.779. The molecule has 5 heteroatoms. The third kappa shape index (κ3) is 2.19. The summed E-state index contributed by atoms with van der Waals surface area (Å²) in [4.78, 5) is 0. The van der Waals surface area contributed by atoms with Crippen LogP contribution in [0, 0.1) is 5.82 Å². The molecule has 88 valence electrons. The molecule has 2 rings (SSSR count). The SMILES string of the molecule is Oc1c(C2CCCNC2)cc(Cl)c(F)c1Br. The number of piperidine rings is 1. The molecule has 0 spiro atoms. The highest BCUT2D eigenvalue weighted by molar-refractivity contribution is 9.10. The second kappa shape index (κ2) is 4.90. The van der Waals surface area contributed by atoms with Crippen molar-refractivity contribution in [1.82, 2.24) is 5.32 Å². The average molecular weight is 309 g/mol. The van der Waals surface area contributed by atoms with Crippen LogP contribution in [0.3, 0.4) is 0 Å². The van der Waals surface area contributed by atoms with Crippen LogP contribution in [0.2, 0.25) is 5.02 Å². The van der Waals surface area contributed by atoms with Crippen LogP contribution in [0.15, 0.2) is 10.5 Å². The third-order valence-corrected chi connectivity index (χ3v) is 3.90. The van der Waals surface area contributed by atoms with Gasteiger partial charge in [0, 0.05) is 18.0 Å². The fraction of sp³-hybridized carbons (Fsp3) is 0.455. The van der Waals surface area contributed by atoms with Gasteiger partial charge in [-0.1, -0.05) is 11.6 Å². The van der Waals surface area contributed by atoms with Crippen molar-refractivity contribution >= 4 is 27.5 Å². The fourth-order valence-corrected chi connectivity index (χ4v) is 2.80. The molecule has 2 N–H and O–H groups in total. The normalized spacial score (nSPS) is 21.1. The summed E-state index contributed by atoms with van der Waals surface area (Å²) in [6.45, 7) is 1.79. The molecule has 1 aliphatic heterocycles. The standard InChI is InChI=1S/C11H12BrClFNO/c12-9-10(14)8(13)4-7(11(9)16)6-2-1-3-15-5-6/h4,6,15-16H,1-3,5H2. The van der Waals surface area contributed by atoms with E-state index in [9.17, 15) is 9.50 Å². The van der Waals surface area contributed by atoms with E-state index in [0.717, 1.165) is 25.9 Å². The van der Waals surface area contributed by atoms with Crippen LogP contribution >= 0.6 is 27.5 Å². The number of aromatic hydroxyl groups is 1. The monoisotopic (exact) mass is 307 g/mol. The van der Waals surface area contributed by atoms with Crippen LogP contribution in [0.25, 0.3) is 0 Å². The van der Waals surface area contributed by atoms with Crippen LogP contribution in [-0.4, -0.2) is 18.2 Å². The van der Waals surface area contributed by atoms with Gasteiger partial charge in [-0.05, 0) is 41.4 Å². The molecule has 1 saturated heterocycles. The van der Waals surface area contributed by atoms with Gasteiger partial charge in [-0.2, -0.15) is 0 Å². The lowest BCUT2D eigenvalue weighted by Crippen LogP contribution is -2.28. The van der Waals surface area contributed by atoms with Gasteiger partial charge in [0.2, 0.25) is 0 Å². The summed E-state index contributed by atoms with van der Waals surface area (Å²) < 4.78 is 13.4. The first-order valence-corrected chi connectivity index (χ1v) is 6.35. The first kappa shape index (κ1) is 12.1. The summed E-state index contributed by atoms with van der Waals surface area (Å²) in [5.41, 5.74) is 0.713. The smallest absolute Gasteiger partial charge is 0.159 e. The van der Waals surface area contributed by atoms with Gasteiger partial charge in [0.05, 0.1) is 9.50 Å². The number of rotatable bonds is 1. The molecule has 0 bridgehead atoms. The van der Waals surface area contributed by atoms with E-state index in [2.05, 4.69) is 21.2 Å². The number of hydrogen-bond donors (Lipinski definition) is 2. The van der Waals surface area contributed by atoms with Crippen molar-refractivity contribution in [3.8, 4) is 5.75 Å². The van der Waals surface area contributed by atoms with Gasteiger partial charge in [-0.15, -0.1) is 0 Å². The zero-order valence-electron chi connectivity index (χ0n) is 8.56. The largest absolute Gasteiger partial charge is 0.506 e. The van der Waals surface area contributed by atoms with E-state index in [0.29, 0.717) is 5.56 Å². The highest BCUT2D eigenvalue weighted by Gasteiger charge is 2.22. The molecule has 0 radical (unpaired) electrons. The van der Waals surface area contributed by atoms with Crippen molar-refractivity contribution in [3.63, 3.8) is 0 Å². The molecule has 1 atom stereocenters. The molecule has 1 fully saturated rings. The number of nitrogens with one attached hydrogen (secondary N) is 1. The van der Waals surface area contributed by atoms with E-state index in [-0.39, 0.29) is 21.2 Å². The molecule has 1 aromatic carbocycles. The van der Waals surface area contributed by atoms with Crippen molar-refractivity contribution in [1.29, 1.82) is 0 Å². The lowest BCUT2D eigenvalue weighted by molar-refractivity contribution is 0.419. The maximum atomic E-state index is 13.4. The zero-order valence-corrected chi connectivity index (χ0v) is 10.9. The van der Waals surface area contributed by atoms with Crippen LogP contribution in [0.5, 0.6) is 5.75 Å². The van der Waals surface area contributed by atoms with E-state index >= 15 is 0 Å². The summed E-state index contributed by atoms with van der Waals surface area (Å²) in [7, 11) is 0. The van der Waals surface area contributed by atoms with Gasteiger partial charge in [-0.25, -0.2) is 4.39 Å². The van der Waals surface area contributed by atoms with Crippen LogP contribution in [-0.2, 0) is 0 Å². The predicted molar refractivity (Wildman–Crippen MR) is 65.6 cm³/mol. The Labute approximate surface area is 107 Å². The molecule has 1 aliphatic rings. The fourth-order valence-electron chi connectivity index (χ4n) is 2.03. The Morgan fingerprint density at radius 1 is 1.56 bits per heavy atom. The van der Waals surface area contributed by atoms with E-state index in [1.807, 2.05) is 0 Å². The lowest BCUT2D eigenvalue weighted by Gasteiger charge is -2.24. The van der Waals surface area contributed by atoms with Gasteiger partial charge in [0.25, 0.3) is 0 Å². The van der Waals surface area contributed by atoms with Gasteiger partial charge in [0.15, 0.2) is 5.82 Å². The maximum absolute atomic E-state index is 13.4. The Morgan fingerprint density at radius 3 is 2.94 bits per heavy atom. The highest BCUT2D eigenvalue weighted by Crippen LogP contribution is 2.40. The minimum atomic E-state index is -0.605. The minimum absolute atomic E-state index is 0.0319. The molecule has 0 aromatic heterocycles. The van der Waals surface area contributed by atoms with Gasteiger partial charge >= 0.3 is 0 Å². The number of halogens is 3. The van der Waals surface area contributed by atoms with Crippen molar-refractivity contribution in [2.75, 3.05) is 13.1 Å². The third-order valence-electron chi connectivity index (χ3n) is 2.90. The Morgan fingerprint density at radius 2 is 2.31 bits per heavy atom. The van der Waals surface area contributed by atoms with Crippen LogP contribution < -0.4 is 5.32 Å². The van der Waals surface area contributed by atoms with E-state index < -0.39 is 5.82 Å². The molecule has 0 saturated carbocycles. The summed E-state index contributed by atoms with van der Waals surface area (Å²) in [6.07, 6.45) is 2.03. The molecule has 2 nitrogen and oxygen atoms in total. The molecule has 1 aromatic rings. The Hall–Kier alpha value is -0.320. The maximum Gasteiger partial charge on any atom is 0.159 e. The van der Waals surface area contributed by atoms with Crippen molar-refractivity contribution in [3.05, 3.63) is 26.9 Å². The Bertz CT molecular complexity index is 407. The number of benzene rings is 1. The summed E-state index contributed by atoms with van der Waals surface area (Å²) in [6, 6.07) is 1.52. The minimum Gasteiger partial charge on any atom is -0.506 e. The van der Waals surface area contributed by atoms with Crippen molar-refractivity contribution in [2.45, 2.75) is 18.8 Å². The highest BCUT2D eigenvalue weighted by atomic mass is 79.9. The van der Waals surface area contributed by atoms with Crippen molar-refractivity contribution in [2.24, 2.45) is 0 Å². The molecule has 1 unspecified atom stereocenters. The van der Waals surface area contributed by atoms with Crippen molar-refractivity contribution < 1.29 is 9.50 Å². The molecule has 1 heterocycles. The summed E-state index contributed by atoms with van der Waals surface area (Å²) in [5.74, 6) is -0.439. The summed E-state index contributed by atoms with van der Waals surface area (Å²) in [5, 5.41) is 13.2. The summed E-state index contributed by atoms with van der Waals surface area (Å²) >= 11 is 8.79. The zero-order chi connectivity index (χ0) is 11.7. The lowest BCUT2D eigenvalue weighted by atomic mass is 9.91. The van der Waals surface area contributed by atoms with Gasteiger partial charge < -0.3 is 10.4 Å². The second-order valence-electron chi connectivity index (χ2n) is 3.97. The first-order chi connectivity index (χ1) is 7.61. The van der Waals surface area contributed by atoms with E-state index in [1.54, 1.807) is 0 Å². The molecular formula is C11H12BrClFNO. The topological polar surface area (TPSA) is 32.3 Å². The molecule has 16 heavy (non-hydrogen) atoms. The van der Waals surface area contributed by atoms with Crippen LogP contribution in [0.1, 0.15) is 24.3 Å². The van der Waals surface area contributed by atoms with Gasteiger partial charge in [0.1, 0.15) is 5.75 Å².